The van der Waals surface area contributed by atoms with E-state index in [0.717, 1.165) is 19.6 Å². The summed E-state index contributed by atoms with van der Waals surface area (Å²) in [6.45, 7) is 5.79. The van der Waals surface area contributed by atoms with Crippen molar-refractivity contribution in [2.45, 2.75) is 51.1 Å². The monoisotopic (exact) mass is 239 g/mol. The molecule has 2 rings (SSSR count). The van der Waals surface area contributed by atoms with Crippen molar-refractivity contribution in [3.63, 3.8) is 0 Å². The summed E-state index contributed by atoms with van der Waals surface area (Å²) in [6, 6.07) is 1.06. The SMILES string of the molecule is CCN(CC(=O)NC1CC1)CC1CCCCN1. The van der Waals surface area contributed by atoms with Gasteiger partial charge < -0.3 is 10.6 Å². The largest absolute Gasteiger partial charge is 0.352 e. The van der Waals surface area contributed by atoms with E-state index in [0.29, 0.717) is 18.6 Å². The number of hydrogen-bond acceptors (Lipinski definition) is 3. The van der Waals surface area contributed by atoms with E-state index in [1.807, 2.05) is 0 Å². The minimum Gasteiger partial charge on any atom is -0.352 e. The van der Waals surface area contributed by atoms with Gasteiger partial charge in [0.15, 0.2) is 0 Å². The molecule has 98 valence electrons. The Bertz CT molecular complexity index is 247. The van der Waals surface area contributed by atoms with Crippen LogP contribution in [0.2, 0.25) is 0 Å². The number of piperidine rings is 1. The van der Waals surface area contributed by atoms with E-state index >= 15 is 0 Å². The van der Waals surface area contributed by atoms with Gasteiger partial charge in [-0.3, -0.25) is 9.69 Å². The van der Waals surface area contributed by atoms with Crippen molar-refractivity contribution in [1.29, 1.82) is 0 Å². The molecule has 0 aromatic heterocycles. The van der Waals surface area contributed by atoms with Gasteiger partial charge in [-0.25, -0.2) is 0 Å². The van der Waals surface area contributed by atoms with Crippen molar-refractivity contribution in [2.24, 2.45) is 0 Å². The third kappa shape index (κ3) is 4.64. The van der Waals surface area contributed by atoms with Crippen LogP contribution in [0.15, 0.2) is 0 Å². The van der Waals surface area contributed by atoms with Gasteiger partial charge >= 0.3 is 0 Å². The Balaban J connectivity index is 1.68. The van der Waals surface area contributed by atoms with Crippen LogP contribution in [0.25, 0.3) is 0 Å². The maximum absolute atomic E-state index is 11.7. The third-order valence-corrected chi connectivity index (χ3v) is 3.65. The zero-order valence-electron chi connectivity index (χ0n) is 10.9. The molecule has 0 spiro atoms. The number of carbonyl (C=O) groups is 1. The molecule has 1 heterocycles. The lowest BCUT2D eigenvalue weighted by Gasteiger charge is -2.29. The Morgan fingerprint density at radius 2 is 2.18 bits per heavy atom. The lowest BCUT2D eigenvalue weighted by Crippen LogP contribution is -2.46. The topological polar surface area (TPSA) is 44.4 Å². The van der Waals surface area contributed by atoms with Crippen LogP contribution in [0.1, 0.15) is 39.0 Å². The fourth-order valence-corrected chi connectivity index (χ4v) is 2.40. The summed E-state index contributed by atoms with van der Waals surface area (Å²) in [6.07, 6.45) is 6.21. The van der Waals surface area contributed by atoms with Crippen molar-refractivity contribution in [3.05, 3.63) is 0 Å². The molecule has 2 fully saturated rings. The maximum atomic E-state index is 11.7. The number of amides is 1. The van der Waals surface area contributed by atoms with Crippen LogP contribution in [0.4, 0.5) is 0 Å². The van der Waals surface area contributed by atoms with Gasteiger partial charge in [0, 0.05) is 18.6 Å². The number of nitrogens with zero attached hydrogens (tertiary/aromatic N) is 1. The van der Waals surface area contributed by atoms with E-state index in [2.05, 4.69) is 22.5 Å². The lowest BCUT2D eigenvalue weighted by atomic mass is 10.0. The average molecular weight is 239 g/mol. The van der Waals surface area contributed by atoms with E-state index in [-0.39, 0.29) is 5.91 Å². The molecule has 1 aliphatic carbocycles. The van der Waals surface area contributed by atoms with Crippen LogP contribution in [0.5, 0.6) is 0 Å². The number of likely N-dealkylation sites (N-methyl/N-ethyl adjacent to an activating group) is 1. The van der Waals surface area contributed by atoms with Gasteiger partial charge in [-0.05, 0) is 38.8 Å². The number of hydrogen-bond donors (Lipinski definition) is 2. The van der Waals surface area contributed by atoms with Crippen LogP contribution in [0.3, 0.4) is 0 Å². The Hall–Kier alpha value is -0.610. The molecule has 17 heavy (non-hydrogen) atoms. The Morgan fingerprint density at radius 1 is 1.35 bits per heavy atom. The van der Waals surface area contributed by atoms with E-state index < -0.39 is 0 Å². The predicted molar refractivity (Wildman–Crippen MR) is 68.9 cm³/mol. The molecule has 4 heteroatoms. The second kappa shape index (κ2) is 6.36. The van der Waals surface area contributed by atoms with E-state index in [1.165, 1.54) is 32.1 Å². The highest BCUT2D eigenvalue weighted by Gasteiger charge is 2.24. The van der Waals surface area contributed by atoms with Crippen LogP contribution in [0, 0.1) is 0 Å². The van der Waals surface area contributed by atoms with Gasteiger partial charge in [0.1, 0.15) is 0 Å². The molecule has 0 radical (unpaired) electrons. The molecule has 1 unspecified atom stereocenters. The summed E-state index contributed by atoms with van der Waals surface area (Å²) in [5.41, 5.74) is 0. The average Bonchev–Trinajstić information content (AvgIpc) is 3.13. The van der Waals surface area contributed by atoms with Crippen molar-refractivity contribution in [3.8, 4) is 0 Å². The van der Waals surface area contributed by atoms with E-state index in [4.69, 9.17) is 0 Å². The predicted octanol–water partition coefficient (Wildman–Crippen LogP) is 0.729. The fourth-order valence-electron chi connectivity index (χ4n) is 2.40. The first-order chi connectivity index (χ1) is 8.28. The summed E-state index contributed by atoms with van der Waals surface area (Å²) in [5.74, 6) is 0.199. The zero-order valence-corrected chi connectivity index (χ0v) is 10.9. The van der Waals surface area contributed by atoms with Crippen molar-refractivity contribution >= 4 is 5.91 Å². The molecular weight excluding hydrogens is 214 g/mol. The van der Waals surface area contributed by atoms with Gasteiger partial charge in [0.25, 0.3) is 0 Å². The van der Waals surface area contributed by atoms with Gasteiger partial charge in [0.05, 0.1) is 6.54 Å². The standard InChI is InChI=1S/C13H25N3O/c1-2-16(9-12-5-3-4-8-14-12)10-13(17)15-11-6-7-11/h11-12,14H,2-10H2,1H3,(H,15,17). The molecule has 0 bridgehead atoms. The highest BCUT2D eigenvalue weighted by Crippen LogP contribution is 2.18. The number of carbonyl (C=O) groups excluding carboxylic acids is 1. The summed E-state index contributed by atoms with van der Waals surface area (Å²) in [7, 11) is 0. The second-order valence-corrected chi connectivity index (χ2v) is 5.32. The summed E-state index contributed by atoms with van der Waals surface area (Å²) in [5, 5.41) is 6.59. The zero-order chi connectivity index (χ0) is 12.1. The minimum absolute atomic E-state index is 0.199. The molecule has 0 aromatic rings. The van der Waals surface area contributed by atoms with Crippen molar-refractivity contribution < 1.29 is 4.79 Å². The summed E-state index contributed by atoms with van der Waals surface area (Å²) in [4.78, 5) is 14.0. The number of rotatable bonds is 6. The highest BCUT2D eigenvalue weighted by molar-refractivity contribution is 5.78. The molecule has 2 aliphatic rings. The van der Waals surface area contributed by atoms with Gasteiger partial charge in [-0.1, -0.05) is 13.3 Å². The quantitative estimate of drug-likeness (QED) is 0.718. The Kier molecular flexibility index (Phi) is 4.80. The van der Waals surface area contributed by atoms with Gasteiger partial charge in [0.2, 0.25) is 5.91 Å². The first-order valence-electron chi connectivity index (χ1n) is 7.03. The molecule has 0 aromatic carbocycles. The molecule has 2 N–H and O–H groups in total. The first-order valence-corrected chi connectivity index (χ1v) is 7.03. The fraction of sp³-hybridized carbons (Fsp3) is 0.923. The summed E-state index contributed by atoms with van der Waals surface area (Å²) >= 11 is 0. The summed E-state index contributed by atoms with van der Waals surface area (Å²) < 4.78 is 0. The molecule has 1 atom stereocenters. The van der Waals surface area contributed by atoms with Crippen LogP contribution < -0.4 is 10.6 Å². The first kappa shape index (κ1) is 12.8. The third-order valence-electron chi connectivity index (χ3n) is 3.65. The maximum Gasteiger partial charge on any atom is 0.234 e. The smallest absolute Gasteiger partial charge is 0.234 e. The number of nitrogens with one attached hydrogen (secondary N) is 2. The minimum atomic E-state index is 0.199. The van der Waals surface area contributed by atoms with Gasteiger partial charge in [-0.2, -0.15) is 0 Å². The van der Waals surface area contributed by atoms with Crippen molar-refractivity contribution in [1.82, 2.24) is 15.5 Å². The molecule has 1 saturated heterocycles. The van der Waals surface area contributed by atoms with E-state index in [1.54, 1.807) is 0 Å². The normalized spacial score (nSPS) is 24.9. The Labute approximate surface area is 104 Å². The molecule has 1 aliphatic heterocycles. The van der Waals surface area contributed by atoms with E-state index in [9.17, 15) is 4.79 Å². The molecule has 1 amide bonds. The van der Waals surface area contributed by atoms with Crippen molar-refractivity contribution in [2.75, 3.05) is 26.2 Å². The highest BCUT2D eigenvalue weighted by atomic mass is 16.2. The van der Waals surface area contributed by atoms with Crippen LogP contribution >= 0.6 is 0 Å². The molecule has 4 nitrogen and oxygen atoms in total. The molecule has 1 saturated carbocycles. The second-order valence-electron chi connectivity index (χ2n) is 5.32. The van der Waals surface area contributed by atoms with Crippen LogP contribution in [-0.4, -0.2) is 49.1 Å². The van der Waals surface area contributed by atoms with Crippen LogP contribution in [-0.2, 0) is 4.79 Å². The Morgan fingerprint density at radius 3 is 2.76 bits per heavy atom. The van der Waals surface area contributed by atoms with Gasteiger partial charge in [-0.15, -0.1) is 0 Å². The lowest BCUT2D eigenvalue weighted by molar-refractivity contribution is -0.122. The molecular formula is C13H25N3O.